The number of hydrogen-bond acceptors (Lipinski definition) is 10. The summed E-state index contributed by atoms with van der Waals surface area (Å²) in [4.78, 5) is 60.5. The van der Waals surface area contributed by atoms with E-state index in [2.05, 4.69) is 26.9 Å². The third-order valence-corrected chi connectivity index (χ3v) is 11.1. The van der Waals surface area contributed by atoms with E-state index in [9.17, 15) is 27.6 Å². The van der Waals surface area contributed by atoms with Crippen molar-refractivity contribution in [2.45, 2.75) is 75.4 Å². The summed E-state index contributed by atoms with van der Waals surface area (Å²) in [5, 5.41) is 6.30. The van der Waals surface area contributed by atoms with Crippen molar-refractivity contribution in [1.82, 2.24) is 25.2 Å². The Labute approximate surface area is 284 Å². The average Bonchev–Trinajstić information content (AvgIpc) is 3.97. The number of rotatable bonds is 6. The van der Waals surface area contributed by atoms with Crippen LogP contribution in [0.2, 0.25) is 0 Å². The smallest absolute Gasteiger partial charge is 0.408 e. The fourth-order valence-electron chi connectivity index (χ4n) is 6.23. The minimum Gasteiger partial charge on any atom is -0.490 e. The standard InChI is InChI=1S/C34H41N5O9S/c1-5-21-18-34(21,31(42)38-49(44,45)24-10-11-24)37-28(40)26-17-23-19-39(26)30(41)27(33(2,3)4)36-32(43)47-15-7-6-14-46-22-9-8-20-12-13-35-29(48-23)25(20)16-22/h5-9,12-13,16,21,23-24,26-27H,1,10-11,14-15,17-19H2,2-4H3,(H,36,43)(H,37,40)(H,38,42)/b7-6+/t21-,23-,26+,27-,34-/m1/s1. The fourth-order valence-corrected chi connectivity index (χ4v) is 7.60. The van der Waals surface area contributed by atoms with Gasteiger partial charge < -0.3 is 29.7 Å². The van der Waals surface area contributed by atoms with Crippen molar-refractivity contribution in [3.05, 3.63) is 55.3 Å². The second kappa shape index (κ2) is 13.0. The molecule has 5 atom stereocenters. The normalized spacial score (nSPS) is 28.2. The summed E-state index contributed by atoms with van der Waals surface area (Å²) in [5.74, 6) is -1.76. The molecule has 2 saturated carbocycles. The first-order valence-electron chi connectivity index (χ1n) is 16.3. The molecule has 3 fully saturated rings. The Morgan fingerprint density at radius 2 is 1.86 bits per heavy atom. The van der Waals surface area contributed by atoms with Crippen molar-refractivity contribution in [3.63, 3.8) is 0 Å². The number of ether oxygens (including phenoxy) is 3. The molecule has 15 heteroatoms. The third-order valence-electron chi connectivity index (χ3n) is 9.28. The number of fused-ring (bicyclic) bond motifs is 3. The molecule has 4 aliphatic rings. The van der Waals surface area contributed by atoms with E-state index in [4.69, 9.17) is 14.2 Å². The lowest BCUT2D eigenvalue weighted by molar-refractivity contribution is -0.142. The molecular formula is C34H41N5O9S. The van der Waals surface area contributed by atoms with E-state index < -0.39 is 74.1 Å². The number of carbonyl (C=O) groups excluding carboxylic acids is 4. The number of hydrogen-bond donors (Lipinski definition) is 3. The Morgan fingerprint density at radius 3 is 2.53 bits per heavy atom. The lowest BCUT2D eigenvalue weighted by Crippen LogP contribution is -2.60. The van der Waals surface area contributed by atoms with Gasteiger partial charge in [-0.05, 0) is 60.4 Å². The average molecular weight is 696 g/mol. The summed E-state index contributed by atoms with van der Waals surface area (Å²) >= 11 is 0. The van der Waals surface area contributed by atoms with Crippen LogP contribution < -0.4 is 24.8 Å². The molecule has 2 aromatic rings. The second-order valence-corrected chi connectivity index (χ2v) is 15.9. The number of carbonyl (C=O) groups is 4. The van der Waals surface area contributed by atoms with Crippen molar-refractivity contribution in [2.75, 3.05) is 19.8 Å². The molecule has 49 heavy (non-hydrogen) atoms. The number of cyclic esters (lactones) is 1. The molecule has 0 spiro atoms. The van der Waals surface area contributed by atoms with Crippen LogP contribution in [-0.2, 0) is 29.1 Å². The molecule has 6 rings (SSSR count). The second-order valence-electron chi connectivity index (χ2n) is 14.0. The molecule has 2 aliphatic carbocycles. The Kier molecular flexibility index (Phi) is 9.07. The quantitative estimate of drug-likeness (QED) is 0.380. The summed E-state index contributed by atoms with van der Waals surface area (Å²) in [7, 11) is -3.89. The van der Waals surface area contributed by atoms with Crippen LogP contribution in [0.15, 0.2) is 55.3 Å². The van der Waals surface area contributed by atoms with Gasteiger partial charge in [0.15, 0.2) is 0 Å². The number of nitrogens with one attached hydrogen (secondary N) is 3. The monoisotopic (exact) mass is 695 g/mol. The number of alkyl carbamates (subject to hydrolysis) is 1. The summed E-state index contributed by atoms with van der Waals surface area (Å²) in [6, 6.07) is 5.03. The van der Waals surface area contributed by atoms with Crippen LogP contribution in [-0.4, -0.2) is 90.9 Å². The number of amides is 4. The van der Waals surface area contributed by atoms with Gasteiger partial charge in [-0.15, -0.1) is 6.58 Å². The van der Waals surface area contributed by atoms with E-state index in [0.29, 0.717) is 24.0 Å². The van der Waals surface area contributed by atoms with E-state index >= 15 is 0 Å². The Balaban J connectivity index is 1.33. The molecule has 1 aromatic heterocycles. The predicted molar refractivity (Wildman–Crippen MR) is 178 cm³/mol. The topological polar surface area (TPSA) is 182 Å². The summed E-state index contributed by atoms with van der Waals surface area (Å²) in [5.41, 5.74) is -2.36. The highest BCUT2D eigenvalue weighted by Crippen LogP contribution is 2.45. The lowest BCUT2D eigenvalue weighted by Gasteiger charge is -2.35. The van der Waals surface area contributed by atoms with Gasteiger partial charge in [0.1, 0.15) is 42.7 Å². The molecule has 1 saturated heterocycles. The molecule has 4 bridgehead atoms. The van der Waals surface area contributed by atoms with Gasteiger partial charge in [-0.2, -0.15) is 0 Å². The molecule has 0 unspecified atom stereocenters. The highest BCUT2D eigenvalue weighted by molar-refractivity contribution is 7.91. The molecule has 0 radical (unpaired) electrons. The minimum absolute atomic E-state index is 0.0217. The van der Waals surface area contributed by atoms with Crippen LogP contribution in [0.25, 0.3) is 10.8 Å². The zero-order valence-electron chi connectivity index (χ0n) is 27.6. The van der Waals surface area contributed by atoms with Crippen LogP contribution in [0.3, 0.4) is 0 Å². The fraction of sp³-hybridized carbons (Fsp3) is 0.500. The van der Waals surface area contributed by atoms with E-state index in [1.54, 1.807) is 45.2 Å². The SMILES string of the molecule is C=C[C@@H]1C[C@]1(NC(=O)[C@@H]1C[C@@H]2CN1C(=O)[C@H](C(C)(C)C)NC(=O)OC/C=C/COc1ccc3ccnc(c3c1)O2)C(=O)NS(=O)(=O)C1CC1. The van der Waals surface area contributed by atoms with Gasteiger partial charge in [0.05, 0.1) is 11.8 Å². The van der Waals surface area contributed by atoms with Crippen LogP contribution in [0.5, 0.6) is 11.6 Å². The van der Waals surface area contributed by atoms with Crippen LogP contribution in [0.1, 0.15) is 46.5 Å². The van der Waals surface area contributed by atoms with Crippen LogP contribution >= 0.6 is 0 Å². The number of benzene rings is 1. The van der Waals surface area contributed by atoms with Gasteiger partial charge in [-0.1, -0.05) is 32.9 Å². The summed E-state index contributed by atoms with van der Waals surface area (Å²) in [6.45, 7) is 9.17. The number of aromatic nitrogens is 1. The van der Waals surface area contributed by atoms with E-state index in [1.165, 1.54) is 11.0 Å². The maximum absolute atomic E-state index is 14.3. The first-order valence-corrected chi connectivity index (χ1v) is 17.8. The van der Waals surface area contributed by atoms with Gasteiger partial charge in [-0.3, -0.25) is 19.1 Å². The Hall–Kier alpha value is -4.66. The molecule has 3 heterocycles. The van der Waals surface area contributed by atoms with Gasteiger partial charge in [-0.25, -0.2) is 18.2 Å². The minimum atomic E-state index is -3.89. The third kappa shape index (κ3) is 7.21. The van der Waals surface area contributed by atoms with Crippen molar-refractivity contribution in [1.29, 1.82) is 0 Å². The van der Waals surface area contributed by atoms with Crippen molar-refractivity contribution >= 4 is 44.6 Å². The van der Waals surface area contributed by atoms with Gasteiger partial charge >= 0.3 is 6.09 Å². The Morgan fingerprint density at radius 1 is 1.12 bits per heavy atom. The van der Waals surface area contributed by atoms with Gasteiger partial charge in [0.2, 0.25) is 27.7 Å². The molecule has 4 amide bonds. The van der Waals surface area contributed by atoms with E-state index in [-0.39, 0.29) is 38.5 Å². The highest BCUT2D eigenvalue weighted by Gasteiger charge is 2.62. The van der Waals surface area contributed by atoms with Crippen molar-refractivity contribution in [2.24, 2.45) is 11.3 Å². The Bertz CT molecular complexity index is 1820. The molecular weight excluding hydrogens is 654 g/mol. The number of pyridine rings is 1. The predicted octanol–water partition coefficient (Wildman–Crippen LogP) is 2.34. The van der Waals surface area contributed by atoms with Crippen molar-refractivity contribution in [3.8, 4) is 11.6 Å². The zero-order valence-corrected chi connectivity index (χ0v) is 28.5. The molecule has 262 valence electrons. The molecule has 2 aliphatic heterocycles. The maximum atomic E-state index is 14.3. The lowest BCUT2D eigenvalue weighted by atomic mass is 9.85. The van der Waals surface area contributed by atoms with E-state index in [1.807, 2.05) is 18.2 Å². The van der Waals surface area contributed by atoms with Crippen LogP contribution in [0.4, 0.5) is 4.79 Å². The summed E-state index contributed by atoms with van der Waals surface area (Å²) < 4.78 is 44.9. The summed E-state index contributed by atoms with van der Waals surface area (Å²) in [6.07, 6.45) is 5.96. The number of sulfonamides is 1. The largest absolute Gasteiger partial charge is 0.490 e. The molecule has 14 nitrogen and oxygen atoms in total. The zero-order chi connectivity index (χ0) is 35.1. The van der Waals surface area contributed by atoms with Crippen LogP contribution in [0, 0.1) is 11.3 Å². The number of nitrogens with zero attached hydrogens (tertiary/aromatic N) is 2. The van der Waals surface area contributed by atoms with E-state index in [0.717, 1.165) is 5.39 Å². The van der Waals surface area contributed by atoms with Gasteiger partial charge in [0, 0.05) is 23.9 Å². The highest BCUT2D eigenvalue weighted by atomic mass is 32.2. The first-order chi connectivity index (χ1) is 23.2. The molecule has 3 N–H and O–H groups in total. The maximum Gasteiger partial charge on any atom is 0.408 e. The first kappa shape index (κ1) is 34.2. The van der Waals surface area contributed by atoms with Crippen molar-refractivity contribution < 1.29 is 41.8 Å². The van der Waals surface area contributed by atoms with Gasteiger partial charge in [0.25, 0.3) is 5.91 Å². The molecule has 1 aromatic carbocycles.